The average molecular weight is 264 g/mol. The maximum Gasteiger partial charge on any atom is 0.0484 e. The molecule has 3 atom stereocenters. The van der Waals surface area contributed by atoms with Crippen molar-refractivity contribution in [2.75, 3.05) is 33.9 Å². The van der Waals surface area contributed by atoms with E-state index in [1.54, 1.807) is 0 Å². The molecule has 1 aliphatic heterocycles. The Morgan fingerprint density at radius 2 is 2.00 bits per heavy atom. The van der Waals surface area contributed by atoms with Crippen molar-refractivity contribution in [1.82, 2.24) is 10.2 Å². The first-order chi connectivity index (χ1) is 9.20. The summed E-state index contributed by atoms with van der Waals surface area (Å²) >= 11 is 0. The van der Waals surface area contributed by atoms with Crippen LogP contribution in [-0.2, 0) is 4.74 Å². The Bertz CT molecular complexity index is 334. The van der Waals surface area contributed by atoms with Crippen LogP contribution in [0.3, 0.4) is 0 Å². The highest BCUT2D eigenvalue weighted by Gasteiger charge is 2.37. The minimum atomic E-state index is 0.304. The lowest BCUT2D eigenvalue weighted by Gasteiger charge is -2.46. The third-order valence-electron chi connectivity index (χ3n) is 5.64. The zero-order valence-electron chi connectivity index (χ0n) is 12.4. The van der Waals surface area contributed by atoms with Gasteiger partial charge in [0.15, 0.2) is 0 Å². The van der Waals surface area contributed by atoms with Gasteiger partial charge in [0.2, 0.25) is 0 Å². The molecule has 19 heavy (non-hydrogen) atoms. The van der Waals surface area contributed by atoms with Gasteiger partial charge in [0.05, 0.1) is 0 Å². The molecule has 0 amide bonds. The van der Waals surface area contributed by atoms with Crippen LogP contribution in [0.2, 0.25) is 0 Å². The molecule has 3 aliphatic carbocycles. The first-order valence-electron chi connectivity index (χ1n) is 7.86. The molecule has 108 valence electrons. The molecular weight excluding hydrogens is 236 g/mol. The summed E-state index contributed by atoms with van der Waals surface area (Å²) in [6.45, 7) is 2.94. The summed E-state index contributed by atoms with van der Waals surface area (Å²) in [6, 6.07) is 0.711. The Hall–Kier alpha value is -0.380. The van der Waals surface area contributed by atoms with Gasteiger partial charge in [-0.3, -0.25) is 0 Å². The van der Waals surface area contributed by atoms with E-state index in [-0.39, 0.29) is 0 Å². The highest BCUT2D eigenvalue weighted by Crippen LogP contribution is 2.36. The number of rotatable bonds is 4. The zero-order chi connectivity index (χ0) is 13.3. The number of likely N-dealkylation sites (N-methyl/N-ethyl adjacent to an activating group) is 1. The Kier molecular flexibility index (Phi) is 3.97. The number of hydrogen-bond donors (Lipinski definition) is 1. The van der Waals surface area contributed by atoms with Gasteiger partial charge in [-0.1, -0.05) is 12.2 Å². The van der Waals surface area contributed by atoms with Crippen LogP contribution >= 0.6 is 0 Å². The largest absolute Gasteiger partial charge is 0.381 e. The third kappa shape index (κ3) is 2.74. The molecule has 1 saturated carbocycles. The number of nitrogens with zero attached hydrogens (tertiary/aromatic N) is 1. The van der Waals surface area contributed by atoms with Crippen molar-refractivity contribution < 1.29 is 4.74 Å². The first kappa shape index (κ1) is 13.6. The quantitative estimate of drug-likeness (QED) is 0.787. The van der Waals surface area contributed by atoms with Crippen LogP contribution in [0.1, 0.15) is 32.1 Å². The van der Waals surface area contributed by atoms with Crippen LogP contribution in [0, 0.1) is 11.8 Å². The van der Waals surface area contributed by atoms with Gasteiger partial charge >= 0.3 is 0 Å². The Balaban J connectivity index is 1.59. The van der Waals surface area contributed by atoms with Crippen LogP contribution in [0.4, 0.5) is 0 Å². The van der Waals surface area contributed by atoms with E-state index in [1.807, 2.05) is 0 Å². The number of hydrogen-bond acceptors (Lipinski definition) is 3. The van der Waals surface area contributed by atoms with Crippen molar-refractivity contribution >= 4 is 0 Å². The standard InChI is InChI=1S/C16H28N2O/c1-18(2)16(7-9-19-10-8-16)12-17-15-11-13-3-5-14(15)6-4-13/h3,5,13-15,17H,4,6-12H2,1-2H3/t13-,14+,15?/m0/s1. The number of allylic oxidation sites excluding steroid dienone is 1. The molecule has 3 heteroatoms. The van der Waals surface area contributed by atoms with Gasteiger partial charge in [-0.2, -0.15) is 0 Å². The first-order valence-corrected chi connectivity index (χ1v) is 7.86. The van der Waals surface area contributed by atoms with Crippen LogP contribution in [0.5, 0.6) is 0 Å². The molecule has 0 aromatic heterocycles. The molecule has 1 unspecified atom stereocenters. The fraction of sp³-hybridized carbons (Fsp3) is 0.875. The maximum absolute atomic E-state index is 5.55. The highest BCUT2D eigenvalue weighted by molar-refractivity contribution is 5.09. The van der Waals surface area contributed by atoms with E-state index >= 15 is 0 Å². The summed E-state index contributed by atoms with van der Waals surface area (Å²) in [5, 5.41) is 3.90. The minimum absolute atomic E-state index is 0.304. The maximum atomic E-state index is 5.55. The Morgan fingerprint density at radius 1 is 1.21 bits per heavy atom. The van der Waals surface area contributed by atoms with Gasteiger partial charge in [0.25, 0.3) is 0 Å². The minimum Gasteiger partial charge on any atom is -0.381 e. The van der Waals surface area contributed by atoms with E-state index in [0.717, 1.165) is 44.4 Å². The van der Waals surface area contributed by atoms with E-state index in [2.05, 4.69) is 36.5 Å². The van der Waals surface area contributed by atoms with Gasteiger partial charge in [-0.25, -0.2) is 0 Å². The molecule has 1 N–H and O–H groups in total. The lowest BCUT2D eigenvalue weighted by Crippen LogP contribution is -2.57. The van der Waals surface area contributed by atoms with Crippen LogP contribution < -0.4 is 5.32 Å². The fourth-order valence-corrected chi connectivity index (χ4v) is 4.02. The van der Waals surface area contributed by atoms with Gasteiger partial charge in [0.1, 0.15) is 0 Å². The lowest BCUT2D eigenvalue weighted by molar-refractivity contribution is -0.00989. The van der Waals surface area contributed by atoms with Gasteiger partial charge in [0, 0.05) is 31.3 Å². The molecule has 4 rings (SSSR count). The second-order valence-electron chi connectivity index (χ2n) is 6.84. The molecule has 1 heterocycles. The SMILES string of the molecule is CN(C)C1(CNC2C[C@H]3C=C[C@@H]2CC3)CCOCC1. The molecule has 3 nitrogen and oxygen atoms in total. The molecule has 0 aromatic carbocycles. The zero-order valence-corrected chi connectivity index (χ0v) is 12.4. The van der Waals surface area contributed by atoms with Gasteiger partial charge < -0.3 is 15.0 Å². The average Bonchev–Trinajstić information content (AvgIpc) is 2.47. The Morgan fingerprint density at radius 3 is 2.53 bits per heavy atom. The smallest absolute Gasteiger partial charge is 0.0484 e. The summed E-state index contributed by atoms with van der Waals surface area (Å²) in [5.74, 6) is 1.62. The van der Waals surface area contributed by atoms with Crippen LogP contribution in [0.15, 0.2) is 12.2 Å². The summed E-state index contributed by atoms with van der Waals surface area (Å²) in [6.07, 6.45) is 11.4. The van der Waals surface area contributed by atoms with Crippen molar-refractivity contribution in [2.24, 2.45) is 11.8 Å². The van der Waals surface area contributed by atoms with Crippen LogP contribution in [0.25, 0.3) is 0 Å². The molecule has 2 bridgehead atoms. The fourth-order valence-electron chi connectivity index (χ4n) is 4.02. The molecule has 1 saturated heterocycles. The van der Waals surface area contributed by atoms with Crippen molar-refractivity contribution in [3.63, 3.8) is 0 Å². The van der Waals surface area contributed by atoms with Crippen molar-refractivity contribution in [1.29, 1.82) is 0 Å². The molecular formula is C16H28N2O. The lowest BCUT2D eigenvalue weighted by atomic mass is 9.72. The second-order valence-corrected chi connectivity index (χ2v) is 6.84. The van der Waals surface area contributed by atoms with Gasteiger partial charge in [-0.15, -0.1) is 0 Å². The molecule has 2 fully saturated rings. The van der Waals surface area contributed by atoms with E-state index < -0.39 is 0 Å². The van der Waals surface area contributed by atoms with Crippen molar-refractivity contribution in [3.8, 4) is 0 Å². The summed E-state index contributed by atoms with van der Waals surface area (Å²) in [4.78, 5) is 2.42. The summed E-state index contributed by atoms with van der Waals surface area (Å²) in [7, 11) is 4.44. The van der Waals surface area contributed by atoms with Crippen molar-refractivity contribution in [2.45, 2.75) is 43.7 Å². The molecule has 4 aliphatic rings. The highest BCUT2D eigenvalue weighted by atomic mass is 16.5. The third-order valence-corrected chi connectivity index (χ3v) is 5.64. The van der Waals surface area contributed by atoms with Gasteiger partial charge in [-0.05, 0) is 58.0 Å². The van der Waals surface area contributed by atoms with E-state index in [1.165, 1.54) is 19.3 Å². The molecule has 0 radical (unpaired) electrons. The van der Waals surface area contributed by atoms with Crippen LogP contribution in [-0.4, -0.2) is 50.3 Å². The number of fused-ring (bicyclic) bond motifs is 2. The topological polar surface area (TPSA) is 24.5 Å². The van der Waals surface area contributed by atoms with E-state index in [9.17, 15) is 0 Å². The van der Waals surface area contributed by atoms with E-state index in [0.29, 0.717) is 11.6 Å². The second kappa shape index (κ2) is 5.55. The monoisotopic (exact) mass is 264 g/mol. The normalized spacial score (nSPS) is 36.9. The summed E-state index contributed by atoms with van der Waals surface area (Å²) in [5.41, 5.74) is 0.304. The number of ether oxygens (including phenoxy) is 1. The summed E-state index contributed by atoms with van der Waals surface area (Å²) < 4.78 is 5.55. The number of nitrogens with one attached hydrogen (secondary N) is 1. The molecule has 0 aromatic rings. The predicted molar refractivity (Wildman–Crippen MR) is 78.2 cm³/mol. The molecule has 0 spiro atoms. The predicted octanol–water partition coefficient (Wildman–Crippen LogP) is 2.04. The Labute approximate surface area is 117 Å². The van der Waals surface area contributed by atoms with E-state index in [4.69, 9.17) is 4.74 Å². The van der Waals surface area contributed by atoms with Crippen molar-refractivity contribution in [3.05, 3.63) is 12.2 Å².